The van der Waals surface area contributed by atoms with Gasteiger partial charge in [0.2, 0.25) is 5.91 Å². The summed E-state index contributed by atoms with van der Waals surface area (Å²) in [6.07, 6.45) is -4.02. The Balaban J connectivity index is 2.59. The van der Waals surface area contributed by atoms with Crippen molar-refractivity contribution in [3.63, 3.8) is 0 Å². The van der Waals surface area contributed by atoms with E-state index in [0.717, 1.165) is 0 Å². The average Bonchev–Trinajstić information content (AvgIpc) is 2.23. The predicted molar refractivity (Wildman–Crippen MR) is 69.1 cm³/mol. The van der Waals surface area contributed by atoms with E-state index in [1.165, 1.54) is 17.9 Å². The Morgan fingerprint density at radius 3 is 2.19 bits per heavy atom. The molecule has 0 spiro atoms. The second kappa shape index (κ2) is 6.37. The number of nitrogens with zero attached hydrogens (tertiary/aromatic N) is 1. The molecule has 1 aliphatic carbocycles. The number of carbonyl (C=O) groups excluding carboxylic acids is 1. The quantitative estimate of drug-likeness (QED) is 0.810. The number of amides is 1. The van der Waals surface area contributed by atoms with Crippen molar-refractivity contribution in [3.8, 4) is 11.8 Å². The molecule has 1 saturated carbocycles. The second-order valence-electron chi connectivity index (χ2n) is 5.61. The molecule has 0 heterocycles. The zero-order chi connectivity index (χ0) is 16.4. The Morgan fingerprint density at radius 2 is 1.81 bits per heavy atom. The average molecular weight is 305 g/mol. The first-order valence-corrected chi connectivity index (χ1v) is 6.61. The fraction of sp³-hybridized carbons (Fsp3) is 0.714. The number of carboxylic acid groups (broad SMARTS) is 1. The minimum absolute atomic E-state index is 0.247. The summed E-state index contributed by atoms with van der Waals surface area (Å²) in [6, 6.07) is -0.933. The van der Waals surface area contributed by atoms with Gasteiger partial charge in [0.15, 0.2) is 0 Å². The van der Waals surface area contributed by atoms with Gasteiger partial charge in [-0.2, -0.15) is 13.2 Å². The van der Waals surface area contributed by atoms with Crippen LogP contribution in [0.15, 0.2) is 0 Å². The minimum Gasteiger partial charge on any atom is -0.480 e. The van der Waals surface area contributed by atoms with Crippen LogP contribution in [0.1, 0.15) is 26.7 Å². The zero-order valence-electron chi connectivity index (χ0n) is 12.1. The van der Waals surface area contributed by atoms with E-state index >= 15 is 0 Å². The summed E-state index contributed by atoms with van der Waals surface area (Å²) >= 11 is 0. The molecule has 1 fully saturated rings. The van der Waals surface area contributed by atoms with Crippen LogP contribution in [0.2, 0.25) is 0 Å². The van der Waals surface area contributed by atoms with Gasteiger partial charge < -0.3 is 10.0 Å². The number of hydrogen-bond donors (Lipinski definition) is 1. The number of carbonyl (C=O) groups is 2. The summed E-state index contributed by atoms with van der Waals surface area (Å²) < 4.78 is 35.8. The largest absolute Gasteiger partial charge is 0.480 e. The fourth-order valence-corrected chi connectivity index (χ4v) is 2.44. The van der Waals surface area contributed by atoms with Crippen LogP contribution < -0.4 is 0 Å². The third-order valence-electron chi connectivity index (χ3n) is 3.55. The van der Waals surface area contributed by atoms with E-state index in [2.05, 4.69) is 5.92 Å². The number of hydrogen-bond acceptors (Lipinski definition) is 2. The summed E-state index contributed by atoms with van der Waals surface area (Å²) in [4.78, 5) is 24.4. The van der Waals surface area contributed by atoms with Crippen molar-refractivity contribution in [3.05, 3.63) is 0 Å². The molecule has 4 nitrogen and oxygen atoms in total. The summed E-state index contributed by atoms with van der Waals surface area (Å²) in [5, 5.41) is 9.12. The number of alkyl halides is 3. The van der Waals surface area contributed by atoms with Crippen LogP contribution in [-0.2, 0) is 9.59 Å². The monoisotopic (exact) mass is 305 g/mol. The molecule has 0 aromatic rings. The molecule has 1 rings (SSSR count). The molecule has 1 atom stereocenters. The van der Waals surface area contributed by atoms with Crippen LogP contribution in [0.4, 0.5) is 13.2 Å². The topological polar surface area (TPSA) is 57.6 Å². The van der Waals surface area contributed by atoms with Gasteiger partial charge in [-0.1, -0.05) is 19.8 Å². The molecule has 0 radical (unpaired) electrons. The molecule has 1 aliphatic rings. The van der Waals surface area contributed by atoms with Crippen LogP contribution in [0.3, 0.4) is 0 Å². The van der Waals surface area contributed by atoms with Gasteiger partial charge in [0.25, 0.3) is 0 Å². The first kappa shape index (κ1) is 17.3. The van der Waals surface area contributed by atoms with E-state index in [1.807, 2.05) is 0 Å². The van der Waals surface area contributed by atoms with Crippen molar-refractivity contribution in [1.82, 2.24) is 4.90 Å². The molecule has 0 bridgehead atoms. The van der Waals surface area contributed by atoms with Crippen LogP contribution in [-0.4, -0.2) is 41.1 Å². The SMILES string of the molecule is CC(C)C(C(=O)O)N(C)C(=O)[C@H]1C[C@H](C#CC(F)(F)F)C1. The fourth-order valence-electron chi connectivity index (χ4n) is 2.44. The molecular formula is C14H18F3NO3. The van der Waals surface area contributed by atoms with Gasteiger partial charge in [-0.15, -0.1) is 0 Å². The highest BCUT2D eigenvalue weighted by Crippen LogP contribution is 2.35. The molecular weight excluding hydrogens is 287 g/mol. The van der Waals surface area contributed by atoms with Gasteiger partial charge in [-0.05, 0) is 18.8 Å². The van der Waals surface area contributed by atoms with Crippen molar-refractivity contribution in [2.45, 2.75) is 38.9 Å². The summed E-state index contributed by atoms with van der Waals surface area (Å²) in [6.45, 7) is 3.39. The van der Waals surface area contributed by atoms with Crippen molar-refractivity contribution in [1.29, 1.82) is 0 Å². The lowest BCUT2D eigenvalue weighted by Gasteiger charge is -2.36. The van der Waals surface area contributed by atoms with Crippen molar-refractivity contribution in [2.24, 2.45) is 17.8 Å². The Morgan fingerprint density at radius 1 is 1.29 bits per heavy atom. The van der Waals surface area contributed by atoms with E-state index < -0.39 is 30.0 Å². The van der Waals surface area contributed by atoms with E-state index in [1.54, 1.807) is 13.8 Å². The predicted octanol–water partition coefficient (Wildman–Crippen LogP) is 2.15. The smallest absolute Gasteiger partial charge is 0.457 e. The molecule has 0 saturated heterocycles. The maximum absolute atomic E-state index is 12.1. The highest BCUT2D eigenvalue weighted by molar-refractivity contribution is 5.85. The maximum Gasteiger partial charge on any atom is 0.457 e. The number of likely N-dealkylation sites (N-methyl/N-ethyl adjacent to an activating group) is 1. The number of rotatable bonds is 4. The molecule has 0 aliphatic heterocycles. The summed E-state index contributed by atoms with van der Waals surface area (Å²) in [7, 11) is 1.41. The Bertz CT molecular complexity index is 470. The number of aliphatic carboxylic acids is 1. The Labute approximate surface area is 121 Å². The van der Waals surface area contributed by atoms with Crippen LogP contribution in [0, 0.1) is 29.6 Å². The summed E-state index contributed by atoms with van der Waals surface area (Å²) in [5.41, 5.74) is 0. The van der Waals surface area contributed by atoms with E-state index in [9.17, 15) is 22.8 Å². The second-order valence-corrected chi connectivity index (χ2v) is 5.61. The van der Waals surface area contributed by atoms with E-state index in [4.69, 9.17) is 5.11 Å². The van der Waals surface area contributed by atoms with Gasteiger partial charge >= 0.3 is 12.1 Å². The van der Waals surface area contributed by atoms with Gasteiger partial charge in [0, 0.05) is 24.8 Å². The lowest BCUT2D eigenvalue weighted by Crippen LogP contribution is -2.50. The summed E-state index contributed by atoms with van der Waals surface area (Å²) in [5.74, 6) is 0.721. The number of halogens is 3. The highest BCUT2D eigenvalue weighted by Gasteiger charge is 2.39. The van der Waals surface area contributed by atoms with Gasteiger partial charge in [0.1, 0.15) is 6.04 Å². The normalized spacial score (nSPS) is 22.8. The molecule has 1 N–H and O–H groups in total. The van der Waals surface area contributed by atoms with Crippen LogP contribution in [0.5, 0.6) is 0 Å². The van der Waals surface area contributed by atoms with Gasteiger partial charge in [0.05, 0.1) is 0 Å². The van der Waals surface area contributed by atoms with E-state index in [0.29, 0.717) is 0 Å². The molecule has 7 heteroatoms. The first-order valence-electron chi connectivity index (χ1n) is 6.61. The van der Waals surface area contributed by atoms with Crippen molar-refractivity contribution in [2.75, 3.05) is 7.05 Å². The molecule has 1 unspecified atom stereocenters. The first-order chi connectivity index (χ1) is 9.53. The van der Waals surface area contributed by atoms with Crippen molar-refractivity contribution >= 4 is 11.9 Å². The number of carboxylic acids is 1. The van der Waals surface area contributed by atoms with E-state index in [-0.39, 0.29) is 24.7 Å². The maximum atomic E-state index is 12.1. The van der Waals surface area contributed by atoms with Gasteiger partial charge in [-0.3, -0.25) is 4.79 Å². The molecule has 0 aromatic carbocycles. The molecule has 118 valence electrons. The van der Waals surface area contributed by atoms with Gasteiger partial charge in [-0.25, -0.2) is 4.79 Å². The lowest BCUT2D eigenvalue weighted by atomic mass is 9.74. The molecule has 1 amide bonds. The Hall–Kier alpha value is -1.71. The molecule has 0 aromatic heterocycles. The standard InChI is InChI=1S/C14H18F3NO3/c1-8(2)11(13(20)21)18(3)12(19)10-6-9(7-10)4-5-14(15,16)17/h8-11H,6-7H2,1-3H3,(H,20,21)/t9-,10-,11?. The lowest BCUT2D eigenvalue weighted by molar-refractivity contribution is -0.154. The van der Waals surface area contributed by atoms with Crippen LogP contribution in [0.25, 0.3) is 0 Å². The van der Waals surface area contributed by atoms with Crippen LogP contribution >= 0.6 is 0 Å². The van der Waals surface area contributed by atoms with Crippen molar-refractivity contribution < 1.29 is 27.9 Å². The zero-order valence-corrected chi connectivity index (χ0v) is 12.1. The third-order valence-corrected chi connectivity index (χ3v) is 3.55. The molecule has 21 heavy (non-hydrogen) atoms. The third kappa shape index (κ3) is 4.66. The highest BCUT2D eigenvalue weighted by atomic mass is 19.4. The Kier molecular flexibility index (Phi) is 5.26. The minimum atomic E-state index is -4.52.